The zero-order valence-electron chi connectivity index (χ0n) is 29.2. The van der Waals surface area contributed by atoms with E-state index >= 15 is 0 Å². The molecule has 2 nitrogen and oxygen atoms in total. The van der Waals surface area contributed by atoms with E-state index in [9.17, 15) is 0 Å². The van der Waals surface area contributed by atoms with Crippen molar-refractivity contribution >= 4 is 0 Å². The van der Waals surface area contributed by atoms with Crippen molar-refractivity contribution in [2.75, 3.05) is 0 Å². The fourth-order valence-electron chi connectivity index (χ4n) is 9.22. The van der Waals surface area contributed by atoms with Crippen LogP contribution in [0.3, 0.4) is 0 Å². The van der Waals surface area contributed by atoms with E-state index in [0.29, 0.717) is 5.82 Å². The number of hydrogen-bond donors (Lipinski definition) is 0. The SMILES string of the molecule is CC1(C)c2ccccc2C2(c3ccccc3-c3ccccc32)c2cccc(-c3cc(-c4ccccc4-c4ccccc4)nc(-c4ccccc4)n3)c21. The summed E-state index contributed by atoms with van der Waals surface area (Å²) in [5, 5.41) is 0. The highest BCUT2D eigenvalue weighted by atomic mass is 14.9. The van der Waals surface area contributed by atoms with Crippen LogP contribution in [0.5, 0.6) is 0 Å². The van der Waals surface area contributed by atoms with E-state index in [1.54, 1.807) is 0 Å². The van der Waals surface area contributed by atoms with Crippen LogP contribution in [-0.2, 0) is 10.8 Å². The molecule has 0 fully saturated rings. The average molecular weight is 665 g/mol. The van der Waals surface area contributed by atoms with Crippen LogP contribution in [0.2, 0.25) is 0 Å². The smallest absolute Gasteiger partial charge is 0.160 e. The van der Waals surface area contributed by atoms with Gasteiger partial charge in [0.05, 0.1) is 16.8 Å². The maximum Gasteiger partial charge on any atom is 0.160 e. The third-order valence-electron chi connectivity index (χ3n) is 11.4. The van der Waals surface area contributed by atoms with Gasteiger partial charge in [0.1, 0.15) is 0 Å². The molecule has 1 spiro atoms. The summed E-state index contributed by atoms with van der Waals surface area (Å²) in [5.74, 6) is 0.717. The van der Waals surface area contributed by atoms with Gasteiger partial charge in [0.25, 0.3) is 0 Å². The molecule has 7 aromatic carbocycles. The number of rotatable bonds is 4. The Morgan fingerprint density at radius 2 is 0.788 bits per heavy atom. The predicted octanol–water partition coefficient (Wildman–Crippen LogP) is 12.1. The van der Waals surface area contributed by atoms with Gasteiger partial charge in [-0.05, 0) is 61.7 Å². The third-order valence-corrected chi connectivity index (χ3v) is 11.4. The molecule has 0 N–H and O–H groups in total. The second-order valence-electron chi connectivity index (χ2n) is 14.5. The lowest BCUT2D eigenvalue weighted by Crippen LogP contribution is -2.41. The second kappa shape index (κ2) is 11.6. The minimum absolute atomic E-state index is 0.319. The first kappa shape index (κ1) is 30.4. The maximum atomic E-state index is 5.42. The molecule has 0 unspecified atom stereocenters. The third kappa shape index (κ3) is 4.31. The highest BCUT2D eigenvalue weighted by Crippen LogP contribution is 2.63. The van der Waals surface area contributed by atoms with Gasteiger partial charge < -0.3 is 0 Å². The van der Waals surface area contributed by atoms with Gasteiger partial charge in [0, 0.05) is 22.1 Å². The molecule has 52 heavy (non-hydrogen) atoms. The van der Waals surface area contributed by atoms with E-state index in [2.05, 4.69) is 190 Å². The van der Waals surface area contributed by atoms with Gasteiger partial charge in [0.2, 0.25) is 0 Å². The standard InChI is InChI=1S/C50H36N2/c1-49(2)42-29-15-16-30-43(42)50(40-27-13-11-23-36(40)37-24-12-14-28-41(37)50)44-31-17-26-39(47(44)49)46-32-45(51-48(52-46)34-20-7-4-8-21-34)38-25-10-9-22-35(38)33-18-5-3-6-19-33/h3-32H,1-2H3. The molecule has 0 atom stereocenters. The molecule has 0 saturated heterocycles. The summed E-state index contributed by atoms with van der Waals surface area (Å²) in [7, 11) is 0. The lowest BCUT2D eigenvalue weighted by Gasteiger charge is -2.47. The number of fused-ring (bicyclic) bond motifs is 9. The Bertz CT molecular complexity index is 2610. The second-order valence-corrected chi connectivity index (χ2v) is 14.5. The Labute approximate surface area is 305 Å². The van der Waals surface area contributed by atoms with E-state index in [0.717, 1.165) is 39.2 Å². The molecule has 0 bridgehead atoms. The van der Waals surface area contributed by atoms with Crippen LogP contribution in [0, 0.1) is 0 Å². The topological polar surface area (TPSA) is 25.8 Å². The van der Waals surface area contributed by atoms with Gasteiger partial charge in [-0.1, -0.05) is 190 Å². The molecule has 1 aromatic heterocycles. The molecule has 246 valence electrons. The summed E-state index contributed by atoms with van der Waals surface area (Å²) in [6.07, 6.45) is 0. The molecule has 0 saturated carbocycles. The lowest BCUT2D eigenvalue weighted by atomic mass is 9.54. The molecule has 1 heterocycles. The van der Waals surface area contributed by atoms with Crippen molar-refractivity contribution < 1.29 is 0 Å². The molecule has 8 aromatic rings. The van der Waals surface area contributed by atoms with Crippen molar-refractivity contribution in [2.45, 2.75) is 24.7 Å². The van der Waals surface area contributed by atoms with Gasteiger partial charge in [0.15, 0.2) is 5.82 Å². The lowest BCUT2D eigenvalue weighted by molar-refractivity contribution is 0.564. The predicted molar refractivity (Wildman–Crippen MR) is 213 cm³/mol. The number of hydrogen-bond acceptors (Lipinski definition) is 2. The van der Waals surface area contributed by atoms with Crippen LogP contribution in [-0.4, -0.2) is 9.97 Å². The van der Waals surface area contributed by atoms with Gasteiger partial charge >= 0.3 is 0 Å². The Morgan fingerprint density at radius 1 is 0.346 bits per heavy atom. The zero-order valence-corrected chi connectivity index (χ0v) is 29.2. The van der Waals surface area contributed by atoms with Crippen molar-refractivity contribution in [2.24, 2.45) is 0 Å². The van der Waals surface area contributed by atoms with E-state index < -0.39 is 5.41 Å². The molecular formula is C50H36N2. The monoisotopic (exact) mass is 664 g/mol. The van der Waals surface area contributed by atoms with Crippen molar-refractivity contribution in [3.8, 4) is 56.2 Å². The van der Waals surface area contributed by atoms with Gasteiger partial charge in [-0.3, -0.25) is 0 Å². The largest absolute Gasteiger partial charge is 0.228 e. The fourth-order valence-corrected chi connectivity index (χ4v) is 9.22. The summed E-state index contributed by atoms with van der Waals surface area (Å²) >= 11 is 0. The molecule has 10 rings (SSSR count). The fraction of sp³-hybridized carbons (Fsp3) is 0.0800. The Morgan fingerprint density at radius 3 is 1.42 bits per heavy atom. The first-order chi connectivity index (χ1) is 25.6. The first-order valence-electron chi connectivity index (χ1n) is 18.1. The van der Waals surface area contributed by atoms with Crippen LogP contribution >= 0.6 is 0 Å². The van der Waals surface area contributed by atoms with Crippen LogP contribution in [0.25, 0.3) is 56.2 Å². The maximum absolute atomic E-state index is 5.42. The Kier molecular flexibility index (Phi) is 6.78. The number of benzene rings is 7. The molecule has 0 amide bonds. The summed E-state index contributed by atoms with van der Waals surface area (Å²) in [6.45, 7) is 4.78. The zero-order chi connectivity index (χ0) is 34.9. The number of aromatic nitrogens is 2. The summed E-state index contributed by atoms with van der Waals surface area (Å²) < 4.78 is 0. The van der Waals surface area contributed by atoms with Crippen LogP contribution in [0.1, 0.15) is 47.2 Å². The molecular weight excluding hydrogens is 629 g/mol. The summed E-state index contributed by atoms with van der Waals surface area (Å²) in [6, 6.07) is 65.8. The van der Waals surface area contributed by atoms with E-state index in [-0.39, 0.29) is 5.41 Å². The highest BCUT2D eigenvalue weighted by Gasteiger charge is 2.53. The molecule has 2 aliphatic carbocycles. The minimum Gasteiger partial charge on any atom is -0.228 e. The van der Waals surface area contributed by atoms with Crippen molar-refractivity contribution in [1.29, 1.82) is 0 Å². The van der Waals surface area contributed by atoms with Gasteiger partial charge in [-0.25, -0.2) is 9.97 Å². The van der Waals surface area contributed by atoms with Gasteiger partial charge in [-0.2, -0.15) is 0 Å². The molecule has 0 aliphatic heterocycles. The van der Waals surface area contributed by atoms with Crippen LogP contribution in [0.15, 0.2) is 182 Å². The first-order valence-corrected chi connectivity index (χ1v) is 18.1. The average Bonchev–Trinajstić information content (AvgIpc) is 3.51. The van der Waals surface area contributed by atoms with Crippen molar-refractivity contribution in [3.63, 3.8) is 0 Å². The normalized spacial score (nSPS) is 14.3. The van der Waals surface area contributed by atoms with Crippen LogP contribution in [0.4, 0.5) is 0 Å². The van der Waals surface area contributed by atoms with Gasteiger partial charge in [-0.15, -0.1) is 0 Å². The summed E-state index contributed by atoms with van der Waals surface area (Å²) in [4.78, 5) is 10.7. The Balaban J connectivity index is 1.30. The van der Waals surface area contributed by atoms with E-state index in [1.165, 1.54) is 44.5 Å². The highest BCUT2D eigenvalue weighted by molar-refractivity contribution is 5.91. The minimum atomic E-state index is -0.470. The van der Waals surface area contributed by atoms with Crippen molar-refractivity contribution in [1.82, 2.24) is 9.97 Å². The van der Waals surface area contributed by atoms with E-state index in [4.69, 9.17) is 9.97 Å². The summed E-state index contributed by atoms with van der Waals surface area (Å²) in [5.41, 5.74) is 17.2. The molecule has 2 aliphatic rings. The van der Waals surface area contributed by atoms with Crippen LogP contribution < -0.4 is 0 Å². The number of nitrogens with zero attached hydrogens (tertiary/aromatic N) is 2. The Hall–Kier alpha value is -6.38. The van der Waals surface area contributed by atoms with E-state index in [1.807, 2.05) is 6.07 Å². The molecule has 2 heteroatoms. The quantitative estimate of drug-likeness (QED) is 0.187. The molecule has 0 radical (unpaired) electrons. The van der Waals surface area contributed by atoms with Crippen molar-refractivity contribution in [3.05, 3.63) is 215 Å².